The molecule has 3 rings (SSSR count). The summed E-state index contributed by atoms with van der Waals surface area (Å²) >= 11 is 0. The van der Waals surface area contributed by atoms with Crippen molar-refractivity contribution < 1.29 is 23.3 Å². The van der Waals surface area contributed by atoms with Crippen molar-refractivity contribution in [1.82, 2.24) is 0 Å². The van der Waals surface area contributed by atoms with Crippen molar-refractivity contribution >= 4 is 28.9 Å². The lowest BCUT2D eigenvalue weighted by Crippen LogP contribution is -2.28. The molecule has 0 saturated carbocycles. The topological polar surface area (TPSA) is 92.5 Å². The number of nitro groups is 1. The smallest absolute Gasteiger partial charge is 0.306 e. The van der Waals surface area contributed by atoms with E-state index in [1.807, 2.05) is 0 Å². The van der Waals surface area contributed by atoms with Crippen molar-refractivity contribution in [1.29, 1.82) is 0 Å². The van der Waals surface area contributed by atoms with Gasteiger partial charge in [0.2, 0.25) is 17.6 Å². The molecule has 2 aromatic rings. The third kappa shape index (κ3) is 3.51. The van der Waals surface area contributed by atoms with E-state index in [-0.39, 0.29) is 24.6 Å². The van der Waals surface area contributed by atoms with Crippen molar-refractivity contribution in [2.75, 3.05) is 16.8 Å². The largest absolute Gasteiger partial charge is 0.326 e. The van der Waals surface area contributed by atoms with E-state index in [1.165, 1.54) is 35.2 Å². The number of halogens is 2. The molecule has 1 atom stereocenters. The van der Waals surface area contributed by atoms with Gasteiger partial charge < -0.3 is 10.2 Å². The van der Waals surface area contributed by atoms with Crippen LogP contribution in [-0.2, 0) is 9.59 Å². The minimum absolute atomic E-state index is 0.0491. The third-order valence-corrected chi connectivity index (χ3v) is 4.04. The van der Waals surface area contributed by atoms with Crippen LogP contribution >= 0.6 is 0 Å². The second-order valence-corrected chi connectivity index (χ2v) is 5.79. The lowest BCUT2D eigenvalue weighted by Gasteiger charge is -2.16. The molecule has 1 N–H and O–H groups in total. The third-order valence-electron chi connectivity index (χ3n) is 4.04. The monoisotopic (exact) mass is 361 g/mol. The number of anilines is 2. The first-order chi connectivity index (χ1) is 12.3. The Kier molecular flexibility index (Phi) is 4.61. The average molecular weight is 361 g/mol. The highest BCUT2D eigenvalue weighted by Gasteiger charge is 2.35. The highest BCUT2D eigenvalue weighted by Crippen LogP contribution is 2.27. The molecule has 1 fully saturated rings. The molecule has 0 bridgehead atoms. The van der Waals surface area contributed by atoms with Gasteiger partial charge in [0, 0.05) is 30.4 Å². The van der Waals surface area contributed by atoms with Gasteiger partial charge in [-0.3, -0.25) is 19.7 Å². The summed E-state index contributed by atoms with van der Waals surface area (Å²) in [5.74, 6) is -2.93. The fourth-order valence-corrected chi connectivity index (χ4v) is 2.73. The number of nitrogens with one attached hydrogen (secondary N) is 1. The first kappa shape index (κ1) is 17.5. The second-order valence-electron chi connectivity index (χ2n) is 5.79. The van der Waals surface area contributed by atoms with E-state index in [0.717, 1.165) is 12.1 Å². The summed E-state index contributed by atoms with van der Waals surface area (Å²) in [5.41, 5.74) is -0.210. The van der Waals surface area contributed by atoms with Crippen molar-refractivity contribution in [3.8, 4) is 0 Å². The molecule has 7 nitrogen and oxygen atoms in total. The molecule has 9 heteroatoms. The van der Waals surface area contributed by atoms with E-state index < -0.39 is 34.1 Å². The molecule has 2 amide bonds. The van der Waals surface area contributed by atoms with Crippen LogP contribution < -0.4 is 10.2 Å². The van der Waals surface area contributed by atoms with Crippen molar-refractivity contribution in [2.24, 2.45) is 5.92 Å². The summed E-state index contributed by atoms with van der Waals surface area (Å²) < 4.78 is 26.3. The van der Waals surface area contributed by atoms with E-state index in [2.05, 4.69) is 5.32 Å². The van der Waals surface area contributed by atoms with Gasteiger partial charge in [0.15, 0.2) is 0 Å². The number of nitrogens with zero attached hydrogens (tertiary/aromatic N) is 2. The van der Waals surface area contributed by atoms with Crippen molar-refractivity contribution in [3.05, 3.63) is 64.2 Å². The Labute approximate surface area is 146 Å². The Bertz CT molecular complexity index is 886. The van der Waals surface area contributed by atoms with E-state index in [9.17, 15) is 28.5 Å². The van der Waals surface area contributed by atoms with Crippen LogP contribution in [0, 0.1) is 27.7 Å². The summed E-state index contributed by atoms with van der Waals surface area (Å²) in [5, 5.41) is 13.2. The van der Waals surface area contributed by atoms with Crippen LogP contribution in [0.5, 0.6) is 0 Å². The van der Waals surface area contributed by atoms with Crippen LogP contribution in [0.1, 0.15) is 6.42 Å². The predicted molar refractivity (Wildman–Crippen MR) is 88.5 cm³/mol. The zero-order chi connectivity index (χ0) is 18.8. The maximum Gasteiger partial charge on any atom is 0.306 e. The Balaban J connectivity index is 1.71. The van der Waals surface area contributed by atoms with E-state index in [0.29, 0.717) is 5.69 Å². The minimum Gasteiger partial charge on any atom is -0.326 e. The zero-order valence-electron chi connectivity index (χ0n) is 13.3. The molecule has 1 saturated heterocycles. The summed E-state index contributed by atoms with van der Waals surface area (Å²) in [6.45, 7) is 0.0968. The number of carbonyl (C=O) groups excluding carboxylic acids is 2. The number of hydrogen-bond acceptors (Lipinski definition) is 4. The molecule has 0 spiro atoms. The van der Waals surface area contributed by atoms with E-state index in [4.69, 9.17) is 0 Å². The van der Waals surface area contributed by atoms with Gasteiger partial charge >= 0.3 is 5.69 Å². The fraction of sp³-hybridized carbons (Fsp3) is 0.176. The Morgan fingerprint density at radius 3 is 2.54 bits per heavy atom. The quantitative estimate of drug-likeness (QED) is 0.669. The number of benzene rings is 2. The first-order valence-electron chi connectivity index (χ1n) is 7.66. The van der Waals surface area contributed by atoms with Crippen molar-refractivity contribution in [3.63, 3.8) is 0 Å². The van der Waals surface area contributed by atoms with Crippen LogP contribution in [0.15, 0.2) is 42.5 Å². The number of rotatable bonds is 4. The standard InChI is InChI=1S/C17H13F2N3O4/c18-11-1-4-13(5-2-11)21-9-10(7-16(21)23)17(24)20-12-3-6-14(19)15(8-12)22(25)26/h1-6,8,10H,7,9H2,(H,20,24)/t10-/m0/s1. The van der Waals surface area contributed by atoms with Gasteiger partial charge in [-0.05, 0) is 36.4 Å². The summed E-state index contributed by atoms with van der Waals surface area (Å²) in [7, 11) is 0. The van der Waals surface area contributed by atoms with E-state index >= 15 is 0 Å². The summed E-state index contributed by atoms with van der Waals surface area (Å²) in [6.07, 6.45) is -0.0491. The van der Waals surface area contributed by atoms with Crippen LogP contribution in [0.4, 0.5) is 25.8 Å². The molecule has 1 aliphatic heterocycles. The van der Waals surface area contributed by atoms with Gasteiger partial charge in [0.25, 0.3) is 0 Å². The zero-order valence-corrected chi connectivity index (χ0v) is 13.3. The maximum absolute atomic E-state index is 13.3. The van der Waals surface area contributed by atoms with Crippen LogP contribution in [0.3, 0.4) is 0 Å². The Morgan fingerprint density at radius 1 is 1.19 bits per heavy atom. The minimum atomic E-state index is -1.01. The van der Waals surface area contributed by atoms with Crippen molar-refractivity contribution in [2.45, 2.75) is 6.42 Å². The van der Waals surface area contributed by atoms with Gasteiger partial charge in [0.05, 0.1) is 10.8 Å². The van der Waals surface area contributed by atoms with Gasteiger partial charge in [-0.1, -0.05) is 0 Å². The summed E-state index contributed by atoms with van der Waals surface area (Å²) in [6, 6.07) is 8.32. The highest BCUT2D eigenvalue weighted by molar-refractivity contribution is 6.03. The molecule has 1 heterocycles. The Morgan fingerprint density at radius 2 is 1.88 bits per heavy atom. The highest BCUT2D eigenvalue weighted by atomic mass is 19.1. The number of nitro benzene ring substituents is 1. The first-order valence-corrected chi connectivity index (χ1v) is 7.66. The van der Waals surface area contributed by atoms with Gasteiger partial charge in [-0.15, -0.1) is 0 Å². The Hall–Kier alpha value is -3.36. The molecule has 26 heavy (non-hydrogen) atoms. The molecular weight excluding hydrogens is 348 g/mol. The van der Waals surface area contributed by atoms with E-state index in [1.54, 1.807) is 0 Å². The molecule has 0 unspecified atom stereocenters. The average Bonchev–Trinajstić information content (AvgIpc) is 2.99. The van der Waals surface area contributed by atoms with Gasteiger partial charge in [-0.25, -0.2) is 4.39 Å². The van der Waals surface area contributed by atoms with Crippen LogP contribution in [-0.4, -0.2) is 23.3 Å². The molecule has 0 radical (unpaired) electrons. The van der Waals surface area contributed by atoms with Gasteiger partial charge in [0.1, 0.15) is 5.82 Å². The SMILES string of the molecule is O=C(Nc1ccc(F)c([N+](=O)[O-])c1)[C@H]1CC(=O)N(c2ccc(F)cc2)C1. The molecule has 1 aliphatic rings. The fourth-order valence-electron chi connectivity index (χ4n) is 2.73. The normalized spacial score (nSPS) is 16.6. The second kappa shape index (κ2) is 6.87. The number of hydrogen-bond donors (Lipinski definition) is 1. The van der Waals surface area contributed by atoms with Crippen LogP contribution in [0.2, 0.25) is 0 Å². The van der Waals surface area contributed by atoms with Crippen LogP contribution in [0.25, 0.3) is 0 Å². The maximum atomic E-state index is 13.3. The molecule has 0 aliphatic carbocycles. The molecule has 134 valence electrons. The predicted octanol–water partition coefficient (Wildman–Crippen LogP) is 2.86. The number of amides is 2. The number of carbonyl (C=O) groups is 2. The molecule has 2 aromatic carbocycles. The molecular formula is C17H13F2N3O4. The lowest BCUT2D eigenvalue weighted by molar-refractivity contribution is -0.387. The lowest BCUT2D eigenvalue weighted by atomic mass is 10.1. The molecule has 0 aromatic heterocycles. The van der Waals surface area contributed by atoms with Gasteiger partial charge in [-0.2, -0.15) is 4.39 Å². The summed E-state index contributed by atoms with van der Waals surface area (Å²) in [4.78, 5) is 35.7.